The van der Waals surface area contributed by atoms with E-state index < -0.39 is 27.1 Å². The fraction of sp³-hybridized carbons (Fsp3) is 0.419. The molecule has 2 aromatic carbocycles. The van der Waals surface area contributed by atoms with Crippen LogP contribution in [0.5, 0.6) is 17.2 Å². The fourth-order valence-corrected chi connectivity index (χ4v) is 6.62. The number of Topliss-reactive ketones (excluding diaryl/α,β-unsaturated/α-hetero) is 2. The minimum absolute atomic E-state index is 0.0867. The van der Waals surface area contributed by atoms with E-state index >= 15 is 0 Å². The predicted octanol–water partition coefficient (Wildman–Crippen LogP) is 7.86. The number of nitro groups is 2. The van der Waals surface area contributed by atoms with Gasteiger partial charge in [-0.3, -0.25) is 29.8 Å². The van der Waals surface area contributed by atoms with Crippen LogP contribution in [0.25, 0.3) is 0 Å². The van der Waals surface area contributed by atoms with Gasteiger partial charge in [0, 0.05) is 48.8 Å². The molecule has 0 N–H and O–H groups in total. The van der Waals surface area contributed by atoms with Gasteiger partial charge in [0.25, 0.3) is 5.69 Å². The molecule has 5 rings (SSSR count). The van der Waals surface area contributed by atoms with Crippen molar-refractivity contribution in [2.45, 2.75) is 66.2 Å². The first-order chi connectivity index (χ1) is 20.1. The van der Waals surface area contributed by atoms with Crippen molar-refractivity contribution in [3.05, 3.63) is 83.3 Å². The molecule has 0 radical (unpaired) electrons. The van der Waals surface area contributed by atoms with Crippen molar-refractivity contribution in [2.75, 3.05) is 6.61 Å². The van der Waals surface area contributed by atoms with E-state index in [2.05, 4.69) is 15.9 Å². The lowest BCUT2D eigenvalue weighted by Crippen LogP contribution is -2.37. The summed E-state index contributed by atoms with van der Waals surface area (Å²) in [5.74, 6) is 0.378. The molecule has 0 fully saturated rings. The van der Waals surface area contributed by atoms with E-state index in [1.165, 1.54) is 0 Å². The molecule has 12 heteroatoms. The summed E-state index contributed by atoms with van der Waals surface area (Å²) in [6.45, 7) is 10.0. The van der Waals surface area contributed by atoms with Crippen molar-refractivity contribution >= 4 is 38.9 Å². The second-order valence-corrected chi connectivity index (χ2v) is 13.5. The molecule has 0 amide bonds. The summed E-state index contributed by atoms with van der Waals surface area (Å²) in [6, 6.07) is 6.48. The Hall–Kier alpha value is -4.06. The summed E-state index contributed by atoms with van der Waals surface area (Å²) in [5, 5.41) is 22.9. The molecule has 0 bridgehead atoms. The molecule has 0 saturated carbocycles. The second kappa shape index (κ2) is 10.9. The molecule has 0 unspecified atom stereocenters. The van der Waals surface area contributed by atoms with E-state index in [1.54, 1.807) is 19.1 Å². The van der Waals surface area contributed by atoms with Gasteiger partial charge in [0.05, 0.1) is 27.0 Å². The van der Waals surface area contributed by atoms with Gasteiger partial charge in [0.15, 0.2) is 23.1 Å². The first kappa shape index (κ1) is 30.4. The maximum Gasteiger partial charge on any atom is 0.318 e. The summed E-state index contributed by atoms with van der Waals surface area (Å²) < 4.78 is 18.6. The van der Waals surface area contributed by atoms with E-state index in [4.69, 9.17) is 14.2 Å². The van der Waals surface area contributed by atoms with Gasteiger partial charge in [-0.25, -0.2) is 0 Å². The highest BCUT2D eigenvalue weighted by atomic mass is 79.9. The molecule has 3 aliphatic rings. The molecule has 1 heterocycles. The van der Waals surface area contributed by atoms with Gasteiger partial charge in [0.2, 0.25) is 5.75 Å². The Labute approximate surface area is 256 Å². The van der Waals surface area contributed by atoms with Gasteiger partial charge in [-0.05, 0) is 57.4 Å². The van der Waals surface area contributed by atoms with Crippen LogP contribution >= 0.6 is 15.9 Å². The van der Waals surface area contributed by atoms with Crippen molar-refractivity contribution in [1.82, 2.24) is 0 Å². The number of ketones is 2. The third-order valence-corrected chi connectivity index (χ3v) is 8.40. The van der Waals surface area contributed by atoms with Gasteiger partial charge in [-0.1, -0.05) is 27.7 Å². The normalized spacial score (nSPS) is 19.4. The highest BCUT2D eigenvalue weighted by Crippen LogP contribution is 2.55. The second-order valence-electron chi connectivity index (χ2n) is 12.6. The Bertz CT molecular complexity index is 1600. The van der Waals surface area contributed by atoms with Crippen LogP contribution < -0.4 is 9.47 Å². The number of non-ortho nitro benzene ring substituents is 1. The van der Waals surface area contributed by atoms with Crippen LogP contribution in [-0.2, 0) is 14.3 Å². The summed E-state index contributed by atoms with van der Waals surface area (Å²) in [5.41, 5.74) is -0.132. The highest BCUT2D eigenvalue weighted by Gasteiger charge is 2.48. The number of hydrogen-bond donors (Lipinski definition) is 0. The van der Waals surface area contributed by atoms with Crippen molar-refractivity contribution in [3.8, 4) is 17.2 Å². The monoisotopic (exact) mass is 654 g/mol. The molecular formula is C31H31BrN2O9. The molecule has 0 saturated heterocycles. The quantitative estimate of drug-likeness (QED) is 0.215. The van der Waals surface area contributed by atoms with Crippen molar-refractivity contribution in [3.63, 3.8) is 0 Å². The van der Waals surface area contributed by atoms with E-state index in [1.807, 2.05) is 27.7 Å². The largest absolute Gasteiger partial charge is 0.490 e. The van der Waals surface area contributed by atoms with Crippen LogP contribution in [0.15, 0.2) is 57.5 Å². The zero-order valence-electron chi connectivity index (χ0n) is 24.4. The number of nitrogens with zero attached hydrogens (tertiary/aromatic N) is 2. The Morgan fingerprint density at radius 1 is 0.884 bits per heavy atom. The van der Waals surface area contributed by atoms with Gasteiger partial charge >= 0.3 is 5.69 Å². The van der Waals surface area contributed by atoms with E-state index in [0.717, 1.165) is 18.2 Å². The van der Waals surface area contributed by atoms with Gasteiger partial charge in [0.1, 0.15) is 11.5 Å². The number of hydrogen-bond acceptors (Lipinski definition) is 9. The van der Waals surface area contributed by atoms with Gasteiger partial charge in [-0.2, -0.15) is 0 Å². The third kappa shape index (κ3) is 5.80. The standard InChI is InChI=1S/C31H31BrN2O9/c1-6-41-23-10-16(9-18(32)29(23)43-22-8-7-17(33(37)38)11-19(22)34(39)40)26-27-20(35)12-30(2,3)14-24(27)42-25-15-31(4,5)13-21(36)28(25)26/h7-11,26H,6,12-15H2,1-5H3. The molecule has 0 atom stereocenters. The van der Waals surface area contributed by atoms with Crippen LogP contribution in [0, 0.1) is 31.1 Å². The lowest BCUT2D eigenvalue weighted by molar-refractivity contribution is -0.394. The SMILES string of the molecule is CCOc1cc(C2C3=C(CC(C)(C)CC3=O)OC3=C2C(=O)CC(C)(C)C3)cc(Br)c1Oc1ccc([N+](=O)[O-])cc1[N+](=O)[O-]. The Morgan fingerprint density at radius 3 is 1.98 bits per heavy atom. The molecule has 0 aromatic heterocycles. The molecule has 2 aromatic rings. The summed E-state index contributed by atoms with van der Waals surface area (Å²) >= 11 is 3.52. The average molecular weight is 655 g/mol. The highest BCUT2D eigenvalue weighted by molar-refractivity contribution is 9.10. The molecule has 1 aliphatic heterocycles. The minimum Gasteiger partial charge on any atom is -0.490 e. The fourth-order valence-electron chi connectivity index (χ4n) is 6.08. The lowest BCUT2D eigenvalue weighted by Gasteiger charge is -2.42. The number of rotatable bonds is 7. The molecule has 11 nitrogen and oxygen atoms in total. The summed E-state index contributed by atoms with van der Waals surface area (Å²) in [6.07, 6.45) is 1.69. The van der Waals surface area contributed by atoms with Crippen LogP contribution in [0.4, 0.5) is 11.4 Å². The van der Waals surface area contributed by atoms with Crippen LogP contribution in [-0.4, -0.2) is 28.0 Å². The third-order valence-electron chi connectivity index (χ3n) is 7.81. The molecule has 0 spiro atoms. The predicted molar refractivity (Wildman–Crippen MR) is 159 cm³/mol. The number of nitro benzene ring substituents is 2. The minimum atomic E-state index is -0.763. The number of halogens is 1. The van der Waals surface area contributed by atoms with Crippen LogP contribution in [0.1, 0.15) is 71.8 Å². The van der Waals surface area contributed by atoms with Crippen molar-refractivity contribution < 1.29 is 33.6 Å². The smallest absolute Gasteiger partial charge is 0.318 e. The Morgan fingerprint density at radius 2 is 1.47 bits per heavy atom. The molecule has 226 valence electrons. The first-order valence-corrected chi connectivity index (χ1v) is 14.7. The molecular weight excluding hydrogens is 624 g/mol. The van der Waals surface area contributed by atoms with Crippen LogP contribution in [0.2, 0.25) is 0 Å². The average Bonchev–Trinajstić information content (AvgIpc) is 2.87. The van der Waals surface area contributed by atoms with Gasteiger partial charge < -0.3 is 14.2 Å². The van der Waals surface area contributed by atoms with Crippen molar-refractivity contribution in [2.24, 2.45) is 10.8 Å². The number of carbonyl (C=O) groups excluding carboxylic acids is 2. The molecule has 43 heavy (non-hydrogen) atoms. The topological polar surface area (TPSA) is 148 Å². The summed E-state index contributed by atoms with van der Waals surface area (Å²) in [4.78, 5) is 48.8. The maximum atomic E-state index is 13.7. The molecule has 2 aliphatic carbocycles. The van der Waals surface area contributed by atoms with E-state index in [-0.39, 0.29) is 46.3 Å². The number of ether oxygens (including phenoxy) is 3. The first-order valence-electron chi connectivity index (χ1n) is 13.9. The summed E-state index contributed by atoms with van der Waals surface area (Å²) in [7, 11) is 0. The Kier molecular flexibility index (Phi) is 7.70. The van der Waals surface area contributed by atoms with Crippen LogP contribution in [0.3, 0.4) is 0 Å². The zero-order chi connectivity index (χ0) is 31.4. The Balaban J connectivity index is 1.66. The number of carbonyl (C=O) groups is 2. The number of benzene rings is 2. The van der Waals surface area contributed by atoms with Crippen molar-refractivity contribution in [1.29, 1.82) is 0 Å². The maximum absolute atomic E-state index is 13.7. The van der Waals surface area contributed by atoms with E-state index in [9.17, 15) is 29.8 Å². The lowest BCUT2D eigenvalue weighted by atomic mass is 9.65. The zero-order valence-corrected chi connectivity index (χ0v) is 26.0. The number of allylic oxidation sites excluding steroid dienone is 4. The van der Waals surface area contributed by atoms with E-state index in [0.29, 0.717) is 58.4 Å². The van der Waals surface area contributed by atoms with Gasteiger partial charge in [-0.15, -0.1) is 0 Å².